The quantitative estimate of drug-likeness (QED) is 0.581. The molecule has 0 spiro atoms. The fraction of sp³-hybridized carbons (Fsp3) is 0.591. The third-order valence-corrected chi connectivity index (χ3v) is 5.29. The highest BCUT2D eigenvalue weighted by atomic mass is 16.5. The van der Waals surface area contributed by atoms with Gasteiger partial charge in [-0.3, -0.25) is 0 Å². The number of hydrogen-bond donors (Lipinski definition) is 2. The van der Waals surface area contributed by atoms with Gasteiger partial charge >= 0.3 is 0 Å². The van der Waals surface area contributed by atoms with Crippen LogP contribution in [0.4, 0.5) is 0 Å². The summed E-state index contributed by atoms with van der Waals surface area (Å²) in [6, 6.07) is 8.14. The highest BCUT2D eigenvalue weighted by Gasteiger charge is 2.15. The summed E-state index contributed by atoms with van der Waals surface area (Å²) in [7, 11) is 0. The molecule has 3 rings (SSSR count). The molecule has 1 atom stereocenters. The van der Waals surface area contributed by atoms with Gasteiger partial charge in [-0.15, -0.1) is 0 Å². The molecular formula is C22H34N4O2. The Labute approximate surface area is 168 Å². The number of nitrogens with one attached hydrogen (secondary N) is 1. The molecule has 1 aromatic heterocycles. The summed E-state index contributed by atoms with van der Waals surface area (Å²) in [4.78, 5) is 6.57. The van der Waals surface area contributed by atoms with Crippen molar-refractivity contribution in [3.63, 3.8) is 0 Å². The van der Waals surface area contributed by atoms with Gasteiger partial charge in [0.2, 0.25) is 0 Å². The highest BCUT2D eigenvalue weighted by molar-refractivity contribution is 5.27. The van der Waals surface area contributed by atoms with Crippen LogP contribution >= 0.6 is 0 Å². The maximum Gasteiger partial charge on any atom is 0.119 e. The van der Waals surface area contributed by atoms with Crippen molar-refractivity contribution in [3.8, 4) is 5.75 Å². The van der Waals surface area contributed by atoms with Crippen molar-refractivity contribution in [2.75, 3.05) is 32.8 Å². The van der Waals surface area contributed by atoms with E-state index in [4.69, 9.17) is 4.74 Å². The van der Waals surface area contributed by atoms with E-state index in [9.17, 15) is 5.11 Å². The minimum Gasteiger partial charge on any atom is -0.491 e. The average molecular weight is 387 g/mol. The van der Waals surface area contributed by atoms with Gasteiger partial charge in [0.15, 0.2) is 0 Å². The molecule has 0 bridgehead atoms. The third kappa shape index (κ3) is 6.93. The van der Waals surface area contributed by atoms with Gasteiger partial charge in [0.25, 0.3) is 0 Å². The van der Waals surface area contributed by atoms with Crippen LogP contribution in [0.1, 0.15) is 37.1 Å². The molecule has 6 heteroatoms. The molecule has 1 saturated heterocycles. The molecule has 0 saturated carbocycles. The smallest absolute Gasteiger partial charge is 0.119 e. The van der Waals surface area contributed by atoms with E-state index < -0.39 is 6.10 Å². The van der Waals surface area contributed by atoms with E-state index in [0.29, 0.717) is 13.2 Å². The van der Waals surface area contributed by atoms with Crippen LogP contribution in [-0.2, 0) is 13.1 Å². The van der Waals surface area contributed by atoms with Gasteiger partial charge in [-0.05, 0) is 63.5 Å². The van der Waals surface area contributed by atoms with Gasteiger partial charge in [-0.2, -0.15) is 0 Å². The number of aromatic nitrogens is 2. The third-order valence-electron chi connectivity index (χ3n) is 5.29. The summed E-state index contributed by atoms with van der Waals surface area (Å²) in [5.74, 6) is 1.88. The van der Waals surface area contributed by atoms with E-state index in [1.165, 1.54) is 24.8 Å². The number of aliphatic hydroxyl groups is 1. The first kappa shape index (κ1) is 20.8. The van der Waals surface area contributed by atoms with Gasteiger partial charge in [0.1, 0.15) is 24.3 Å². The molecule has 2 N–H and O–H groups in total. The summed E-state index contributed by atoms with van der Waals surface area (Å²) in [5, 5.41) is 13.7. The molecule has 1 aliphatic heterocycles. The Morgan fingerprint density at radius 3 is 2.68 bits per heavy atom. The lowest BCUT2D eigenvalue weighted by molar-refractivity contribution is 0.0617. The lowest BCUT2D eigenvalue weighted by Gasteiger charge is -2.28. The zero-order valence-electron chi connectivity index (χ0n) is 17.0. The van der Waals surface area contributed by atoms with Crippen molar-refractivity contribution < 1.29 is 9.84 Å². The van der Waals surface area contributed by atoms with Gasteiger partial charge in [0, 0.05) is 32.0 Å². The van der Waals surface area contributed by atoms with E-state index in [2.05, 4.69) is 31.9 Å². The molecule has 154 valence electrons. The van der Waals surface area contributed by atoms with Crippen molar-refractivity contribution in [2.24, 2.45) is 0 Å². The minimum absolute atomic E-state index is 0.349. The average Bonchev–Trinajstić information content (AvgIpc) is 3.12. The molecule has 0 aliphatic carbocycles. The Morgan fingerprint density at radius 2 is 1.96 bits per heavy atom. The van der Waals surface area contributed by atoms with E-state index in [-0.39, 0.29) is 0 Å². The summed E-state index contributed by atoms with van der Waals surface area (Å²) in [6.07, 6.45) is 8.32. The number of aliphatic hydroxyl groups excluding tert-OH is 1. The molecule has 1 aromatic carbocycles. The van der Waals surface area contributed by atoms with E-state index in [0.717, 1.165) is 50.7 Å². The Balaban J connectivity index is 1.29. The summed E-state index contributed by atoms with van der Waals surface area (Å²) in [5.41, 5.74) is 1.24. The largest absolute Gasteiger partial charge is 0.491 e. The second-order valence-electron chi connectivity index (χ2n) is 7.67. The van der Waals surface area contributed by atoms with E-state index >= 15 is 0 Å². The predicted molar refractivity (Wildman–Crippen MR) is 112 cm³/mol. The van der Waals surface area contributed by atoms with Crippen LogP contribution in [-0.4, -0.2) is 58.4 Å². The molecule has 6 nitrogen and oxygen atoms in total. The SMILES string of the molecule is Cc1nccn1CCCNCc1ccc(OCC(O)CN2CCCCC2)cc1. The standard InChI is InChI=1S/C22H34N4O2/c1-19-24-11-15-26(19)14-5-10-23-16-20-6-8-22(9-7-20)28-18-21(27)17-25-12-3-2-4-13-25/h6-9,11,15,21,23,27H,2-5,10,12-14,16-18H2,1H3. The van der Waals surface area contributed by atoms with Crippen molar-refractivity contribution in [1.29, 1.82) is 0 Å². The summed E-state index contributed by atoms with van der Waals surface area (Å²) >= 11 is 0. The highest BCUT2D eigenvalue weighted by Crippen LogP contribution is 2.13. The number of likely N-dealkylation sites (tertiary alicyclic amines) is 1. The molecule has 1 unspecified atom stereocenters. The number of rotatable bonds is 11. The molecule has 1 fully saturated rings. The Kier molecular flexibility index (Phi) is 8.33. The van der Waals surface area contributed by atoms with E-state index in [1.54, 1.807) is 0 Å². The summed E-state index contributed by atoms with van der Waals surface area (Å²) in [6.45, 7) is 8.10. The van der Waals surface area contributed by atoms with Gasteiger partial charge in [0.05, 0.1) is 0 Å². The predicted octanol–water partition coefficient (Wildman–Crippen LogP) is 2.60. The van der Waals surface area contributed by atoms with Crippen LogP contribution in [0.15, 0.2) is 36.7 Å². The van der Waals surface area contributed by atoms with E-state index in [1.807, 2.05) is 31.5 Å². The van der Waals surface area contributed by atoms with Crippen molar-refractivity contribution in [1.82, 2.24) is 19.8 Å². The zero-order valence-corrected chi connectivity index (χ0v) is 17.0. The number of hydrogen-bond acceptors (Lipinski definition) is 5. The zero-order chi connectivity index (χ0) is 19.6. The normalized spacial score (nSPS) is 16.2. The minimum atomic E-state index is -0.432. The van der Waals surface area contributed by atoms with Gasteiger partial charge in [-0.1, -0.05) is 18.6 Å². The van der Waals surface area contributed by atoms with Crippen LogP contribution < -0.4 is 10.1 Å². The fourth-order valence-corrected chi connectivity index (χ4v) is 3.64. The fourth-order valence-electron chi connectivity index (χ4n) is 3.64. The van der Waals surface area contributed by atoms with Gasteiger partial charge in [-0.25, -0.2) is 4.98 Å². The molecule has 28 heavy (non-hydrogen) atoms. The number of nitrogens with zero attached hydrogens (tertiary/aromatic N) is 3. The van der Waals surface area contributed by atoms with Crippen LogP contribution in [0.2, 0.25) is 0 Å². The van der Waals surface area contributed by atoms with Crippen LogP contribution in [0, 0.1) is 6.92 Å². The molecule has 2 aromatic rings. The van der Waals surface area contributed by atoms with Crippen molar-refractivity contribution in [3.05, 3.63) is 48.0 Å². The number of aryl methyl sites for hydroxylation is 2. The first-order valence-electron chi connectivity index (χ1n) is 10.5. The first-order chi connectivity index (χ1) is 13.7. The number of benzene rings is 1. The molecule has 1 aliphatic rings. The second kappa shape index (κ2) is 11.2. The lowest BCUT2D eigenvalue weighted by Crippen LogP contribution is -2.38. The topological polar surface area (TPSA) is 62.6 Å². The molecule has 0 radical (unpaired) electrons. The monoisotopic (exact) mass is 386 g/mol. The lowest BCUT2D eigenvalue weighted by atomic mass is 10.1. The molecule has 2 heterocycles. The van der Waals surface area contributed by atoms with Crippen LogP contribution in [0.25, 0.3) is 0 Å². The van der Waals surface area contributed by atoms with Crippen LogP contribution in [0.5, 0.6) is 5.75 Å². The molecule has 0 amide bonds. The Morgan fingerprint density at radius 1 is 1.18 bits per heavy atom. The number of imidazole rings is 1. The van der Waals surface area contributed by atoms with Crippen molar-refractivity contribution in [2.45, 2.75) is 51.8 Å². The Hall–Kier alpha value is -1.89. The maximum atomic E-state index is 10.2. The number of piperidine rings is 1. The molecular weight excluding hydrogens is 352 g/mol. The van der Waals surface area contributed by atoms with Crippen LogP contribution in [0.3, 0.4) is 0 Å². The van der Waals surface area contributed by atoms with Gasteiger partial charge < -0.3 is 24.6 Å². The van der Waals surface area contributed by atoms with Crippen molar-refractivity contribution >= 4 is 0 Å². The second-order valence-corrected chi connectivity index (χ2v) is 7.67. The summed E-state index contributed by atoms with van der Waals surface area (Å²) < 4.78 is 7.93. The Bertz CT molecular complexity index is 680. The first-order valence-corrected chi connectivity index (χ1v) is 10.5. The number of β-amino-alcohol motifs (C(OH)–C–C–N with tert-alkyl or cyclic N) is 1. The number of ether oxygens (including phenoxy) is 1. The maximum absolute atomic E-state index is 10.2.